The third-order valence-corrected chi connectivity index (χ3v) is 1.76. The Morgan fingerprint density at radius 2 is 2.20 bits per heavy atom. The molecule has 0 amide bonds. The second kappa shape index (κ2) is 5.05. The van der Waals surface area contributed by atoms with Crippen LogP contribution in [0.1, 0.15) is 33.1 Å². The SMILES string of the molecule is CC(C)=CC1[CH]CCC1.[LiH]. The molecule has 0 nitrogen and oxygen atoms in total. The standard InChI is InChI=1S/C9H15.Li.H/c1-8(2)7-9-5-3-4-6-9;;/h5,7,9H,3-4,6H2,1-2H3;;. The minimum atomic E-state index is 0. The minimum absolute atomic E-state index is 0. The fourth-order valence-corrected chi connectivity index (χ4v) is 1.38. The van der Waals surface area contributed by atoms with Crippen molar-refractivity contribution in [3.05, 3.63) is 18.1 Å². The summed E-state index contributed by atoms with van der Waals surface area (Å²) in [5.41, 5.74) is 1.46. The summed E-state index contributed by atoms with van der Waals surface area (Å²) in [7, 11) is 0. The zero-order valence-corrected chi connectivity index (χ0v) is 6.35. The van der Waals surface area contributed by atoms with E-state index in [9.17, 15) is 0 Å². The van der Waals surface area contributed by atoms with Gasteiger partial charge in [-0.1, -0.05) is 18.1 Å². The molecule has 0 aliphatic heterocycles. The first-order valence-corrected chi connectivity index (χ1v) is 3.77. The van der Waals surface area contributed by atoms with Gasteiger partial charge in [-0.25, -0.2) is 0 Å². The maximum absolute atomic E-state index is 2.42. The van der Waals surface area contributed by atoms with Gasteiger partial charge in [0.05, 0.1) is 0 Å². The number of rotatable bonds is 1. The van der Waals surface area contributed by atoms with Crippen LogP contribution in [-0.4, -0.2) is 18.9 Å². The zero-order valence-electron chi connectivity index (χ0n) is 6.35. The fraction of sp³-hybridized carbons (Fsp3) is 0.667. The topological polar surface area (TPSA) is 0 Å². The Morgan fingerprint density at radius 1 is 1.50 bits per heavy atom. The quantitative estimate of drug-likeness (QED) is 0.378. The number of allylic oxidation sites excluding steroid dienone is 2. The molecular weight excluding hydrogens is 115 g/mol. The van der Waals surface area contributed by atoms with Crippen LogP contribution < -0.4 is 0 Å². The van der Waals surface area contributed by atoms with Crippen molar-refractivity contribution < 1.29 is 0 Å². The van der Waals surface area contributed by atoms with Crippen LogP contribution in [0.4, 0.5) is 0 Å². The first-order valence-electron chi connectivity index (χ1n) is 3.77. The Labute approximate surface area is 76.3 Å². The van der Waals surface area contributed by atoms with E-state index < -0.39 is 0 Å². The Hall–Kier alpha value is 0.337. The van der Waals surface area contributed by atoms with Crippen LogP contribution in [0.2, 0.25) is 0 Å². The van der Waals surface area contributed by atoms with E-state index in [-0.39, 0.29) is 18.9 Å². The van der Waals surface area contributed by atoms with E-state index >= 15 is 0 Å². The molecule has 1 aliphatic rings. The van der Waals surface area contributed by atoms with Crippen LogP contribution in [0.25, 0.3) is 0 Å². The molecule has 0 bridgehead atoms. The Balaban J connectivity index is 0.000000810. The molecule has 0 N–H and O–H groups in total. The number of hydrogen-bond acceptors (Lipinski definition) is 0. The van der Waals surface area contributed by atoms with Crippen molar-refractivity contribution in [2.45, 2.75) is 33.1 Å². The van der Waals surface area contributed by atoms with Crippen LogP contribution >= 0.6 is 0 Å². The summed E-state index contributed by atoms with van der Waals surface area (Å²) in [5, 5.41) is 0. The van der Waals surface area contributed by atoms with Gasteiger partial charge in [0.25, 0.3) is 0 Å². The van der Waals surface area contributed by atoms with Gasteiger partial charge >= 0.3 is 18.9 Å². The van der Waals surface area contributed by atoms with Crippen LogP contribution in [-0.2, 0) is 0 Å². The van der Waals surface area contributed by atoms with E-state index in [1.165, 1.54) is 24.8 Å². The first-order chi connectivity index (χ1) is 4.29. The molecule has 1 rings (SSSR count). The van der Waals surface area contributed by atoms with Crippen LogP contribution in [0.3, 0.4) is 0 Å². The monoisotopic (exact) mass is 131 g/mol. The molecule has 1 heteroatoms. The molecule has 53 valence electrons. The molecule has 1 aliphatic carbocycles. The zero-order chi connectivity index (χ0) is 6.69. The van der Waals surface area contributed by atoms with Gasteiger partial charge in [-0.3, -0.25) is 0 Å². The molecule has 0 aromatic carbocycles. The average molecular weight is 131 g/mol. The van der Waals surface area contributed by atoms with Gasteiger partial charge in [0, 0.05) is 0 Å². The van der Waals surface area contributed by atoms with Gasteiger partial charge < -0.3 is 0 Å². The molecular formula is C9H16Li. The molecule has 0 aromatic rings. The summed E-state index contributed by atoms with van der Waals surface area (Å²) >= 11 is 0. The molecule has 0 aromatic heterocycles. The van der Waals surface area contributed by atoms with E-state index in [4.69, 9.17) is 0 Å². The summed E-state index contributed by atoms with van der Waals surface area (Å²) in [4.78, 5) is 0. The van der Waals surface area contributed by atoms with Gasteiger partial charge in [-0.05, 0) is 39.0 Å². The molecule has 1 saturated carbocycles. The molecule has 1 atom stereocenters. The molecule has 0 saturated heterocycles. The number of hydrogen-bond donors (Lipinski definition) is 0. The molecule has 1 unspecified atom stereocenters. The van der Waals surface area contributed by atoms with E-state index in [2.05, 4.69) is 26.3 Å². The van der Waals surface area contributed by atoms with Crippen molar-refractivity contribution in [2.75, 3.05) is 0 Å². The summed E-state index contributed by atoms with van der Waals surface area (Å²) in [6.45, 7) is 4.35. The van der Waals surface area contributed by atoms with Gasteiger partial charge in [-0.15, -0.1) is 0 Å². The predicted molar refractivity (Wildman–Crippen MR) is 48.2 cm³/mol. The van der Waals surface area contributed by atoms with Gasteiger partial charge in [0.2, 0.25) is 0 Å². The molecule has 0 spiro atoms. The van der Waals surface area contributed by atoms with Crippen LogP contribution in [0, 0.1) is 12.3 Å². The van der Waals surface area contributed by atoms with Gasteiger partial charge in [0.1, 0.15) is 0 Å². The van der Waals surface area contributed by atoms with Crippen molar-refractivity contribution >= 4 is 18.9 Å². The second-order valence-electron chi connectivity index (χ2n) is 3.07. The summed E-state index contributed by atoms with van der Waals surface area (Å²) in [5.74, 6) is 0.801. The molecule has 10 heavy (non-hydrogen) atoms. The van der Waals surface area contributed by atoms with Gasteiger partial charge in [-0.2, -0.15) is 0 Å². The normalized spacial score (nSPS) is 18.2. The maximum atomic E-state index is 2.42. The van der Waals surface area contributed by atoms with E-state index in [1.807, 2.05) is 0 Å². The van der Waals surface area contributed by atoms with Crippen molar-refractivity contribution in [1.29, 1.82) is 0 Å². The van der Waals surface area contributed by atoms with Gasteiger partial charge in [0.15, 0.2) is 0 Å². The van der Waals surface area contributed by atoms with Crippen molar-refractivity contribution in [3.63, 3.8) is 0 Å². The fourth-order valence-electron chi connectivity index (χ4n) is 1.38. The molecule has 1 radical (unpaired) electrons. The second-order valence-corrected chi connectivity index (χ2v) is 3.07. The Bertz CT molecular complexity index is 106. The molecule has 0 heterocycles. The first kappa shape index (κ1) is 10.3. The van der Waals surface area contributed by atoms with Crippen molar-refractivity contribution in [3.8, 4) is 0 Å². The van der Waals surface area contributed by atoms with Crippen LogP contribution in [0.15, 0.2) is 11.6 Å². The third kappa shape index (κ3) is 3.49. The summed E-state index contributed by atoms with van der Waals surface area (Å²) in [6, 6.07) is 0. The van der Waals surface area contributed by atoms with Crippen molar-refractivity contribution in [1.82, 2.24) is 0 Å². The molecule has 1 fully saturated rings. The van der Waals surface area contributed by atoms with E-state index in [1.54, 1.807) is 0 Å². The average Bonchev–Trinajstić information content (AvgIpc) is 2.15. The Kier molecular flexibility index (Phi) is 5.22. The van der Waals surface area contributed by atoms with E-state index in [0.717, 1.165) is 5.92 Å². The Morgan fingerprint density at radius 3 is 2.60 bits per heavy atom. The third-order valence-electron chi connectivity index (χ3n) is 1.76. The van der Waals surface area contributed by atoms with Crippen molar-refractivity contribution in [2.24, 2.45) is 5.92 Å². The van der Waals surface area contributed by atoms with Crippen LogP contribution in [0.5, 0.6) is 0 Å². The summed E-state index contributed by atoms with van der Waals surface area (Å²) < 4.78 is 0. The summed E-state index contributed by atoms with van der Waals surface area (Å²) in [6.07, 6.45) is 8.90. The predicted octanol–water partition coefficient (Wildman–Crippen LogP) is 2.31. The van der Waals surface area contributed by atoms with E-state index in [0.29, 0.717) is 0 Å².